The lowest BCUT2D eigenvalue weighted by Crippen LogP contribution is -1.86. The summed E-state index contributed by atoms with van der Waals surface area (Å²) in [5, 5.41) is 18.4. The smallest absolute Gasteiger partial charge is 0.129 e. The van der Waals surface area contributed by atoms with Crippen molar-refractivity contribution in [1.29, 1.82) is 5.26 Å². The van der Waals surface area contributed by atoms with Crippen molar-refractivity contribution in [3.05, 3.63) is 51.1 Å². The number of benzene rings is 2. The van der Waals surface area contributed by atoms with E-state index in [1.54, 1.807) is 18.2 Å². The van der Waals surface area contributed by atoms with Gasteiger partial charge in [0.2, 0.25) is 0 Å². The van der Waals surface area contributed by atoms with Gasteiger partial charge in [0, 0.05) is 0 Å². The van der Waals surface area contributed by atoms with Gasteiger partial charge in [0.15, 0.2) is 0 Å². The molecule has 0 aliphatic rings. The lowest BCUT2D eigenvalue weighted by Gasteiger charge is -2.08. The predicted molar refractivity (Wildman–Crippen MR) is 75.7 cm³/mol. The first-order chi connectivity index (χ1) is 8.11. The molecule has 2 rings (SSSR count). The molecule has 2 aromatic carbocycles. The Morgan fingerprint density at radius 2 is 1.82 bits per heavy atom. The third kappa shape index (κ3) is 2.42. The van der Waals surface area contributed by atoms with Gasteiger partial charge in [-0.2, -0.15) is 5.26 Å². The highest BCUT2D eigenvalue weighted by atomic mass is 127. The average Bonchev–Trinajstić information content (AvgIpc) is 2.34. The average molecular weight is 335 g/mol. The normalized spacial score (nSPS) is 9.94. The molecule has 0 bridgehead atoms. The first-order valence-corrected chi connectivity index (χ1v) is 6.19. The van der Waals surface area contributed by atoms with Crippen molar-refractivity contribution in [3.8, 4) is 22.9 Å². The highest BCUT2D eigenvalue weighted by Gasteiger charge is 2.06. The third-order valence-corrected chi connectivity index (χ3v) is 3.48. The molecule has 0 fully saturated rings. The Bertz CT molecular complexity index is 597. The van der Waals surface area contributed by atoms with Crippen LogP contribution in [-0.4, -0.2) is 5.11 Å². The van der Waals surface area contributed by atoms with Gasteiger partial charge < -0.3 is 5.11 Å². The summed E-state index contributed by atoms with van der Waals surface area (Å²) in [6.45, 7) is 1.96. The molecular formula is C14H10INO. The van der Waals surface area contributed by atoms with Crippen LogP contribution in [0.4, 0.5) is 0 Å². The van der Waals surface area contributed by atoms with Crippen LogP contribution in [0, 0.1) is 21.8 Å². The molecule has 84 valence electrons. The topological polar surface area (TPSA) is 44.0 Å². The van der Waals surface area contributed by atoms with Crippen molar-refractivity contribution < 1.29 is 5.11 Å². The van der Waals surface area contributed by atoms with Crippen LogP contribution in [-0.2, 0) is 0 Å². The van der Waals surface area contributed by atoms with Crippen LogP contribution in [0.5, 0.6) is 5.75 Å². The van der Waals surface area contributed by atoms with Crippen molar-refractivity contribution in [1.82, 2.24) is 0 Å². The zero-order valence-corrected chi connectivity index (χ0v) is 11.4. The monoisotopic (exact) mass is 335 g/mol. The molecule has 2 aromatic rings. The molecular weight excluding hydrogens is 325 g/mol. The number of aryl methyl sites for hydroxylation is 1. The summed E-state index contributed by atoms with van der Waals surface area (Å²) in [6, 6.07) is 13.3. The summed E-state index contributed by atoms with van der Waals surface area (Å²) in [5.41, 5.74) is 3.81. The molecule has 0 atom stereocenters. The second-order valence-electron chi connectivity index (χ2n) is 3.81. The molecule has 0 spiro atoms. The minimum Gasteiger partial charge on any atom is -0.507 e. The van der Waals surface area contributed by atoms with E-state index >= 15 is 0 Å². The summed E-state index contributed by atoms with van der Waals surface area (Å²) in [4.78, 5) is 0. The van der Waals surface area contributed by atoms with Gasteiger partial charge in [0.25, 0.3) is 0 Å². The maximum Gasteiger partial charge on any atom is 0.129 e. The van der Waals surface area contributed by atoms with E-state index in [9.17, 15) is 5.11 Å². The molecule has 0 saturated carbocycles. The number of rotatable bonds is 1. The quantitative estimate of drug-likeness (QED) is 0.805. The van der Waals surface area contributed by atoms with Gasteiger partial charge in [-0.05, 0) is 70.5 Å². The molecule has 3 heteroatoms. The fourth-order valence-corrected chi connectivity index (χ4v) is 2.17. The van der Waals surface area contributed by atoms with Crippen LogP contribution in [0.25, 0.3) is 11.1 Å². The van der Waals surface area contributed by atoms with Crippen molar-refractivity contribution >= 4 is 22.6 Å². The number of nitrogens with zero attached hydrogens (tertiary/aromatic N) is 1. The Morgan fingerprint density at radius 3 is 2.41 bits per heavy atom. The molecule has 0 aliphatic carbocycles. The van der Waals surface area contributed by atoms with Gasteiger partial charge >= 0.3 is 0 Å². The van der Waals surface area contributed by atoms with Crippen LogP contribution in [0.3, 0.4) is 0 Å². The highest BCUT2D eigenvalue weighted by Crippen LogP contribution is 2.30. The van der Waals surface area contributed by atoms with Crippen molar-refractivity contribution in [3.63, 3.8) is 0 Å². The zero-order valence-electron chi connectivity index (χ0n) is 9.24. The number of phenols is 1. The molecule has 0 radical (unpaired) electrons. The summed E-state index contributed by atoms with van der Waals surface area (Å²) in [7, 11) is 0. The van der Waals surface area contributed by atoms with Gasteiger partial charge in [0.05, 0.1) is 15.2 Å². The molecule has 0 amide bonds. The fourth-order valence-electron chi connectivity index (χ4n) is 1.70. The van der Waals surface area contributed by atoms with Gasteiger partial charge in [-0.3, -0.25) is 0 Å². The summed E-state index contributed by atoms with van der Waals surface area (Å²) < 4.78 is 0.826. The predicted octanol–water partition coefficient (Wildman–Crippen LogP) is 3.84. The lowest BCUT2D eigenvalue weighted by atomic mass is 9.99. The Balaban J connectivity index is 2.53. The molecule has 17 heavy (non-hydrogen) atoms. The van der Waals surface area contributed by atoms with Gasteiger partial charge in [-0.25, -0.2) is 0 Å². The molecule has 0 aromatic heterocycles. The Labute approximate surface area is 114 Å². The Kier molecular flexibility index (Phi) is 3.34. The van der Waals surface area contributed by atoms with E-state index in [0.717, 1.165) is 20.3 Å². The lowest BCUT2D eigenvalue weighted by molar-refractivity contribution is 0.471. The summed E-state index contributed by atoms with van der Waals surface area (Å²) in [6.07, 6.45) is 0. The van der Waals surface area contributed by atoms with Crippen LogP contribution < -0.4 is 0 Å². The second-order valence-corrected chi connectivity index (χ2v) is 4.97. The SMILES string of the molecule is Cc1cc(O)c(I)cc1-c1ccc(C#N)cc1. The number of hydrogen-bond acceptors (Lipinski definition) is 2. The Morgan fingerprint density at radius 1 is 1.18 bits per heavy atom. The molecule has 0 aliphatic heterocycles. The summed E-state index contributed by atoms with van der Waals surface area (Å²) >= 11 is 2.11. The molecule has 1 N–H and O–H groups in total. The van der Waals surface area contributed by atoms with Crippen LogP contribution >= 0.6 is 22.6 Å². The van der Waals surface area contributed by atoms with E-state index in [-0.39, 0.29) is 0 Å². The minimum absolute atomic E-state index is 0.306. The van der Waals surface area contributed by atoms with Crippen molar-refractivity contribution in [2.45, 2.75) is 6.92 Å². The van der Waals surface area contributed by atoms with Gasteiger partial charge in [-0.15, -0.1) is 0 Å². The number of aromatic hydroxyl groups is 1. The van der Waals surface area contributed by atoms with E-state index in [1.807, 2.05) is 25.1 Å². The number of hydrogen-bond donors (Lipinski definition) is 1. The van der Waals surface area contributed by atoms with E-state index in [1.165, 1.54) is 0 Å². The summed E-state index contributed by atoms with van der Waals surface area (Å²) in [5.74, 6) is 0.306. The fraction of sp³-hybridized carbons (Fsp3) is 0.0714. The maximum absolute atomic E-state index is 9.60. The van der Waals surface area contributed by atoms with E-state index < -0.39 is 0 Å². The number of nitriles is 1. The molecule has 0 saturated heterocycles. The van der Waals surface area contributed by atoms with Crippen LogP contribution in [0.1, 0.15) is 11.1 Å². The standard InChI is InChI=1S/C14H10INO/c1-9-6-14(17)13(15)7-12(9)11-4-2-10(8-16)3-5-11/h2-7,17H,1H3. The Hall–Kier alpha value is -1.54. The highest BCUT2D eigenvalue weighted by molar-refractivity contribution is 14.1. The first kappa shape index (κ1) is 11.9. The third-order valence-electron chi connectivity index (χ3n) is 2.62. The maximum atomic E-state index is 9.60. The largest absolute Gasteiger partial charge is 0.507 e. The zero-order chi connectivity index (χ0) is 12.4. The second kappa shape index (κ2) is 4.76. The first-order valence-electron chi connectivity index (χ1n) is 5.11. The minimum atomic E-state index is 0.306. The molecule has 0 unspecified atom stereocenters. The van der Waals surface area contributed by atoms with Gasteiger partial charge in [-0.1, -0.05) is 12.1 Å². The van der Waals surface area contributed by atoms with E-state index in [4.69, 9.17) is 5.26 Å². The van der Waals surface area contributed by atoms with E-state index in [0.29, 0.717) is 11.3 Å². The van der Waals surface area contributed by atoms with E-state index in [2.05, 4.69) is 28.7 Å². The van der Waals surface area contributed by atoms with Crippen LogP contribution in [0.2, 0.25) is 0 Å². The molecule has 0 heterocycles. The van der Waals surface area contributed by atoms with Crippen LogP contribution in [0.15, 0.2) is 36.4 Å². The van der Waals surface area contributed by atoms with Crippen molar-refractivity contribution in [2.75, 3.05) is 0 Å². The van der Waals surface area contributed by atoms with Crippen molar-refractivity contribution in [2.24, 2.45) is 0 Å². The van der Waals surface area contributed by atoms with Gasteiger partial charge in [0.1, 0.15) is 5.75 Å². The number of phenolic OH excluding ortho intramolecular Hbond substituents is 1. The number of halogens is 1. The molecule has 2 nitrogen and oxygen atoms in total.